The van der Waals surface area contributed by atoms with Crippen LogP contribution < -0.4 is 10.2 Å². The first-order valence-corrected chi connectivity index (χ1v) is 9.50. The summed E-state index contributed by atoms with van der Waals surface area (Å²) in [5.41, 5.74) is -0.741. The van der Waals surface area contributed by atoms with Gasteiger partial charge >= 0.3 is 6.18 Å². The molecule has 0 bridgehead atoms. The van der Waals surface area contributed by atoms with Crippen molar-refractivity contribution in [1.82, 2.24) is 10.2 Å². The first-order chi connectivity index (χ1) is 13.2. The second-order valence-corrected chi connectivity index (χ2v) is 7.83. The summed E-state index contributed by atoms with van der Waals surface area (Å²) in [5, 5.41) is 12.3. The summed E-state index contributed by atoms with van der Waals surface area (Å²) in [5.74, 6) is 0.752. The van der Waals surface area contributed by atoms with Gasteiger partial charge in [0.2, 0.25) is 5.91 Å². The largest absolute Gasteiger partial charge is 0.417 e. The molecule has 9 heteroatoms. The van der Waals surface area contributed by atoms with E-state index in [0.717, 1.165) is 25.5 Å². The molecule has 2 atom stereocenters. The zero-order chi connectivity index (χ0) is 20.5. The van der Waals surface area contributed by atoms with Gasteiger partial charge in [-0.25, -0.2) is 0 Å². The number of amides is 1. The Morgan fingerprint density at radius 1 is 1.24 bits per heavy atom. The molecule has 0 aromatic heterocycles. The molecule has 2 heterocycles. The lowest BCUT2D eigenvalue weighted by molar-refractivity contribution is -0.137. The van der Waals surface area contributed by atoms with E-state index < -0.39 is 11.7 Å². The number of carbonyl (C=O) groups excluding carboxylic acids is 1. The fraction of sp³-hybridized carbons (Fsp3) is 0.600. The summed E-state index contributed by atoms with van der Waals surface area (Å²) in [7, 11) is 3.53. The minimum absolute atomic E-state index is 0. The second kappa shape index (κ2) is 9.23. The molecular weight excluding hydrogens is 405 g/mol. The van der Waals surface area contributed by atoms with Crippen LogP contribution in [0.2, 0.25) is 0 Å². The third kappa shape index (κ3) is 4.96. The molecule has 5 nitrogen and oxygen atoms in total. The van der Waals surface area contributed by atoms with Crippen LogP contribution in [-0.2, 0) is 11.0 Å². The van der Waals surface area contributed by atoms with E-state index in [1.807, 2.05) is 4.90 Å². The quantitative estimate of drug-likeness (QED) is 0.800. The predicted octanol–water partition coefficient (Wildman–Crippen LogP) is 3.14. The number of hydrogen-bond acceptors (Lipinski definition) is 4. The molecule has 2 aliphatic heterocycles. The fourth-order valence-corrected chi connectivity index (χ4v) is 4.44. The Morgan fingerprint density at radius 2 is 1.90 bits per heavy atom. The number of rotatable bonds is 3. The van der Waals surface area contributed by atoms with Crippen molar-refractivity contribution in [3.05, 3.63) is 29.3 Å². The van der Waals surface area contributed by atoms with Gasteiger partial charge in [0.1, 0.15) is 0 Å². The monoisotopic (exact) mass is 430 g/mol. The molecule has 0 spiro atoms. The van der Waals surface area contributed by atoms with E-state index in [1.165, 1.54) is 6.07 Å². The Kier molecular flexibility index (Phi) is 7.41. The molecule has 160 valence electrons. The number of nitrogens with zero attached hydrogens (tertiary/aromatic N) is 3. The van der Waals surface area contributed by atoms with E-state index in [9.17, 15) is 18.0 Å². The van der Waals surface area contributed by atoms with Gasteiger partial charge < -0.3 is 15.1 Å². The van der Waals surface area contributed by atoms with Crippen LogP contribution in [-0.4, -0.2) is 51.1 Å². The van der Waals surface area contributed by atoms with E-state index in [1.54, 1.807) is 31.1 Å². The van der Waals surface area contributed by atoms with Gasteiger partial charge in [0.15, 0.2) is 0 Å². The average Bonchev–Trinajstić information content (AvgIpc) is 3.16. The molecule has 0 saturated carbocycles. The second-order valence-electron chi connectivity index (χ2n) is 7.83. The van der Waals surface area contributed by atoms with Gasteiger partial charge in [-0.15, -0.1) is 12.4 Å². The van der Waals surface area contributed by atoms with Crippen molar-refractivity contribution in [2.24, 2.45) is 17.8 Å². The van der Waals surface area contributed by atoms with E-state index >= 15 is 0 Å². The molecule has 2 unspecified atom stereocenters. The van der Waals surface area contributed by atoms with E-state index in [0.29, 0.717) is 31.2 Å². The first kappa shape index (κ1) is 23.3. The van der Waals surface area contributed by atoms with E-state index in [-0.39, 0.29) is 35.7 Å². The molecule has 0 radical (unpaired) electrons. The van der Waals surface area contributed by atoms with Gasteiger partial charge in [0.25, 0.3) is 0 Å². The molecule has 2 saturated heterocycles. The number of halogens is 4. The van der Waals surface area contributed by atoms with Crippen LogP contribution in [0.4, 0.5) is 18.9 Å². The summed E-state index contributed by atoms with van der Waals surface area (Å²) in [6.45, 7) is 2.79. The summed E-state index contributed by atoms with van der Waals surface area (Å²) in [6, 6.07) is 5.53. The standard InChI is InChI=1S/C20H25F3N4O.ClH/c1-26(2)19(28)17-12-25-11-16(17)13-5-7-27(8-6-13)15-4-3-14(10-24)18(9-15)20(21,22)23;/h3-4,9,13,16-17,25H,5-8,11-12H2,1-2H3;1H. The number of hydrogen-bond donors (Lipinski definition) is 1. The first-order valence-electron chi connectivity index (χ1n) is 9.50. The summed E-state index contributed by atoms with van der Waals surface area (Å²) < 4.78 is 39.7. The minimum atomic E-state index is -4.55. The summed E-state index contributed by atoms with van der Waals surface area (Å²) in [4.78, 5) is 16.0. The number of piperidine rings is 1. The molecule has 2 aliphatic rings. The lowest BCUT2D eigenvalue weighted by atomic mass is 9.78. The SMILES string of the molecule is CN(C)C(=O)C1CNCC1C1CCN(c2ccc(C#N)c(C(F)(F)F)c2)CC1.Cl. The topological polar surface area (TPSA) is 59.4 Å². The van der Waals surface area contributed by atoms with Crippen LogP contribution in [0.5, 0.6) is 0 Å². The average molecular weight is 431 g/mol. The highest BCUT2D eigenvalue weighted by molar-refractivity contribution is 5.85. The van der Waals surface area contributed by atoms with Gasteiger partial charge in [-0.05, 0) is 49.4 Å². The normalized spacial score (nSPS) is 22.7. The third-order valence-corrected chi connectivity index (χ3v) is 5.96. The Labute approximate surface area is 175 Å². The van der Waals surface area contributed by atoms with Gasteiger partial charge in [0.05, 0.1) is 23.1 Å². The smallest absolute Gasteiger partial charge is 0.372 e. The van der Waals surface area contributed by atoms with Crippen molar-refractivity contribution in [3.63, 3.8) is 0 Å². The number of alkyl halides is 3. The molecule has 1 N–H and O–H groups in total. The van der Waals surface area contributed by atoms with Crippen LogP contribution in [0.3, 0.4) is 0 Å². The summed E-state index contributed by atoms with van der Waals surface area (Å²) >= 11 is 0. The van der Waals surface area contributed by atoms with Crippen molar-refractivity contribution in [2.45, 2.75) is 19.0 Å². The van der Waals surface area contributed by atoms with Gasteiger partial charge in [-0.1, -0.05) is 0 Å². The van der Waals surface area contributed by atoms with Crippen molar-refractivity contribution in [1.29, 1.82) is 5.26 Å². The van der Waals surface area contributed by atoms with Crippen LogP contribution >= 0.6 is 12.4 Å². The molecular formula is C20H26ClF3N4O. The van der Waals surface area contributed by atoms with Gasteiger partial charge in [0, 0.05) is 39.4 Å². The summed E-state index contributed by atoms with van der Waals surface area (Å²) in [6.07, 6.45) is -2.87. The number of carbonyl (C=O) groups is 1. The zero-order valence-electron chi connectivity index (χ0n) is 16.5. The third-order valence-electron chi connectivity index (χ3n) is 5.96. The van der Waals surface area contributed by atoms with Crippen LogP contribution in [0.1, 0.15) is 24.0 Å². The highest BCUT2D eigenvalue weighted by Gasteiger charge is 2.40. The molecule has 1 amide bonds. The molecule has 3 rings (SSSR count). The van der Waals surface area contributed by atoms with Crippen molar-refractivity contribution < 1.29 is 18.0 Å². The Hall–Kier alpha value is -1.98. The van der Waals surface area contributed by atoms with Crippen LogP contribution in [0.15, 0.2) is 18.2 Å². The number of benzene rings is 1. The lowest BCUT2D eigenvalue weighted by Gasteiger charge is -2.38. The Balaban J connectivity index is 0.00000300. The molecule has 2 fully saturated rings. The molecule has 1 aromatic rings. The Morgan fingerprint density at radius 3 is 2.45 bits per heavy atom. The molecule has 0 aliphatic carbocycles. The van der Waals surface area contributed by atoms with Crippen LogP contribution in [0.25, 0.3) is 0 Å². The van der Waals surface area contributed by atoms with Gasteiger partial charge in [-0.3, -0.25) is 4.79 Å². The Bertz CT molecular complexity index is 770. The molecule has 29 heavy (non-hydrogen) atoms. The maximum atomic E-state index is 13.2. The minimum Gasteiger partial charge on any atom is -0.372 e. The number of nitrogens with one attached hydrogen (secondary N) is 1. The van der Waals surface area contributed by atoms with E-state index in [4.69, 9.17) is 5.26 Å². The fourth-order valence-electron chi connectivity index (χ4n) is 4.44. The van der Waals surface area contributed by atoms with Crippen LogP contribution in [0, 0.1) is 29.1 Å². The molecule has 1 aromatic carbocycles. The lowest BCUT2D eigenvalue weighted by Crippen LogP contribution is -2.41. The van der Waals surface area contributed by atoms with Crippen molar-refractivity contribution in [2.75, 3.05) is 45.2 Å². The predicted molar refractivity (Wildman–Crippen MR) is 107 cm³/mol. The maximum Gasteiger partial charge on any atom is 0.417 e. The zero-order valence-corrected chi connectivity index (χ0v) is 17.3. The highest BCUT2D eigenvalue weighted by atomic mass is 35.5. The van der Waals surface area contributed by atoms with E-state index in [2.05, 4.69) is 5.32 Å². The maximum absolute atomic E-state index is 13.2. The van der Waals surface area contributed by atoms with Crippen molar-refractivity contribution in [3.8, 4) is 6.07 Å². The number of nitriles is 1. The van der Waals surface area contributed by atoms with Gasteiger partial charge in [-0.2, -0.15) is 18.4 Å². The van der Waals surface area contributed by atoms with Crippen molar-refractivity contribution >= 4 is 24.0 Å². The number of anilines is 1. The highest BCUT2D eigenvalue weighted by Crippen LogP contribution is 2.37.